The highest BCUT2D eigenvalue weighted by Crippen LogP contribution is 2.13. The number of hydrogen-bond donors (Lipinski definition) is 3. The lowest BCUT2D eigenvalue weighted by Crippen LogP contribution is -2.34. The van der Waals surface area contributed by atoms with Crippen molar-refractivity contribution < 1.29 is 9.90 Å². The van der Waals surface area contributed by atoms with Crippen LogP contribution in [0.5, 0.6) is 5.75 Å². The van der Waals surface area contributed by atoms with Crippen molar-refractivity contribution in [2.24, 2.45) is 5.73 Å². The van der Waals surface area contributed by atoms with Crippen molar-refractivity contribution in [2.45, 2.75) is 45.2 Å². The highest BCUT2D eigenvalue weighted by molar-refractivity contribution is 5.76. The molecule has 128 valence electrons. The summed E-state index contributed by atoms with van der Waals surface area (Å²) in [7, 11) is 0. The minimum absolute atomic E-state index is 0.0210. The maximum Gasteiger partial charge on any atom is 0.220 e. The summed E-state index contributed by atoms with van der Waals surface area (Å²) in [6, 6.07) is 15.1. The minimum Gasteiger partial charge on any atom is -0.508 e. The Bertz CT molecular complexity index is 673. The number of phenolic OH excluding ortho intramolecular Hbond substituents is 1. The predicted molar refractivity (Wildman–Crippen MR) is 96.7 cm³/mol. The molecule has 4 heteroatoms. The average molecular weight is 326 g/mol. The van der Waals surface area contributed by atoms with E-state index in [-0.39, 0.29) is 17.2 Å². The zero-order chi connectivity index (χ0) is 17.6. The third-order valence-corrected chi connectivity index (χ3v) is 3.72. The molecule has 2 aromatic carbocycles. The largest absolute Gasteiger partial charge is 0.508 e. The van der Waals surface area contributed by atoms with E-state index < -0.39 is 0 Å². The quantitative estimate of drug-likeness (QED) is 0.732. The lowest BCUT2D eigenvalue weighted by atomic mass is 9.95. The number of hydrogen-bond acceptors (Lipinski definition) is 3. The van der Waals surface area contributed by atoms with Gasteiger partial charge < -0.3 is 16.2 Å². The zero-order valence-corrected chi connectivity index (χ0v) is 14.4. The van der Waals surface area contributed by atoms with Gasteiger partial charge in [0, 0.05) is 18.5 Å². The summed E-state index contributed by atoms with van der Waals surface area (Å²) in [5.41, 5.74) is 9.11. The molecule has 24 heavy (non-hydrogen) atoms. The van der Waals surface area contributed by atoms with Crippen LogP contribution in [0.25, 0.3) is 0 Å². The Morgan fingerprint density at radius 2 is 1.75 bits per heavy atom. The lowest BCUT2D eigenvalue weighted by Gasteiger charge is -2.18. The summed E-state index contributed by atoms with van der Waals surface area (Å²) < 4.78 is 0. The third kappa shape index (κ3) is 6.42. The molecule has 1 amide bonds. The van der Waals surface area contributed by atoms with Gasteiger partial charge in [0.15, 0.2) is 0 Å². The Kier molecular flexibility index (Phi) is 5.99. The van der Waals surface area contributed by atoms with E-state index in [0.29, 0.717) is 19.4 Å². The monoisotopic (exact) mass is 326 g/mol. The molecule has 0 unspecified atom stereocenters. The van der Waals surface area contributed by atoms with Crippen LogP contribution in [0.2, 0.25) is 0 Å². The fraction of sp³-hybridized carbons (Fsp3) is 0.350. The van der Waals surface area contributed by atoms with Crippen LogP contribution in [0.4, 0.5) is 0 Å². The first-order valence-electron chi connectivity index (χ1n) is 8.23. The van der Waals surface area contributed by atoms with Gasteiger partial charge in [0.2, 0.25) is 5.91 Å². The van der Waals surface area contributed by atoms with Crippen molar-refractivity contribution in [2.75, 3.05) is 0 Å². The second kappa shape index (κ2) is 7.97. The number of aromatic hydroxyl groups is 1. The molecule has 0 aliphatic rings. The van der Waals surface area contributed by atoms with Gasteiger partial charge in [0.05, 0.1) is 0 Å². The summed E-state index contributed by atoms with van der Waals surface area (Å²) in [5, 5.41) is 12.2. The van der Waals surface area contributed by atoms with E-state index in [4.69, 9.17) is 5.73 Å². The topological polar surface area (TPSA) is 75.3 Å². The number of phenols is 1. The first kappa shape index (κ1) is 18.0. The SMILES string of the molecule is CC(C)(N)Cc1cccc(CNC(=O)CCc2ccc(O)cc2)c1. The summed E-state index contributed by atoms with van der Waals surface area (Å²) in [5.74, 6) is 0.261. The smallest absolute Gasteiger partial charge is 0.220 e. The molecule has 0 aromatic heterocycles. The number of carbonyl (C=O) groups is 1. The van der Waals surface area contributed by atoms with E-state index in [1.54, 1.807) is 12.1 Å². The number of nitrogens with one attached hydrogen (secondary N) is 1. The Labute approximate surface area is 143 Å². The van der Waals surface area contributed by atoms with Gasteiger partial charge in [0.25, 0.3) is 0 Å². The molecule has 0 spiro atoms. The fourth-order valence-corrected chi connectivity index (χ4v) is 2.59. The van der Waals surface area contributed by atoms with Crippen LogP contribution in [0.3, 0.4) is 0 Å². The van der Waals surface area contributed by atoms with Gasteiger partial charge in [-0.25, -0.2) is 0 Å². The molecule has 0 saturated heterocycles. The fourth-order valence-electron chi connectivity index (χ4n) is 2.59. The lowest BCUT2D eigenvalue weighted by molar-refractivity contribution is -0.121. The number of rotatable bonds is 7. The van der Waals surface area contributed by atoms with Crippen LogP contribution in [0.15, 0.2) is 48.5 Å². The number of nitrogens with two attached hydrogens (primary N) is 1. The number of amides is 1. The molecular formula is C20H26N2O2. The van der Waals surface area contributed by atoms with Crippen LogP contribution >= 0.6 is 0 Å². The molecule has 0 radical (unpaired) electrons. The molecule has 0 heterocycles. The molecule has 4 nitrogen and oxygen atoms in total. The van der Waals surface area contributed by atoms with Crippen molar-refractivity contribution >= 4 is 5.91 Å². The number of aryl methyl sites for hydroxylation is 1. The van der Waals surface area contributed by atoms with Gasteiger partial charge in [0.1, 0.15) is 5.75 Å². The van der Waals surface area contributed by atoms with Gasteiger partial charge in [-0.15, -0.1) is 0 Å². The van der Waals surface area contributed by atoms with Crippen molar-refractivity contribution in [1.82, 2.24) is 5.32 Å². The van der Waals surface area contributed by atoms with Crippen molar-refractivity contribution in [1.29, 1.82) is 0 Å². The highest BCUT2D eigenvalue weighted by atomic mass is 16.3. The summed E-state index contributed by atoms with van der Waals surface area (Å²) >= 11 is 0. The second-order valence-electron chi connectivity index (χ2n) is 6.93. The minimum atomic E-state index is -0.244. The molecule has 2 rings (SSSR count). The van der Waals surface area contributed by atoms with Crippen molar-refractivity contribution in [3.63, 3.8) is 0 Å². The molecule has 0 aliphatic carbocycles. The van der Waals surface area contributed by atoms with Gasteiger partial charge >= 0.3 is 0 Å². The Morgan fingerprint density at radius 1 is 1.08 bits per heavy atom. The molecule has 0 fully saturated rings. The van der Waals surface area contributed by atoms with E-state index in [0.717, 1.165) is 17.5 Å². The predicted octanol–water partition coefficient (Wildman–Crippen LogP) is 2.92. The van der Waals surface area contributed by atoms with Gasteiger partial charge in [-0.3, -0.25) is 4.79 Å². The van der Waals surface area contributed by atoms with E-state index in [9.17, 15) is 9.90 Å². The molecule has 0 bridgehead atoms. The van der Waals surface area contributed by atoms with Crippen LogP contribution in [0.1, 0.15) is 37.0 Å². The highest BCUT2D eigenvalue weighted by Gasteiger charge is 2.11. The van der Waals surface area contributed by atoms with E-state index in [2.05, 4.69) is 17.4 Å². The third-order valence-electron chi connectivity index (χ3n) is 3.72. The molecular weight excluding hydrogens is 300 g/mol. The average Bonchev–Trinajstić information content (AvgIpc) is 2.51. The van der Waals surface area contributed by atoms with Crippen LogP contribution < -0.4 is 11.1 Å². The standard InChI is InChI=1S/C20H26N2O2/c1-20(2,21)13-16-4-3-5-17(12-16)14-22-19(24)11-8-15-6-9-18(23)10-7-15/h3-7,9-10,12,23H,8,11,13-14,21H2,1-2H3,(H,22,24). The van der Waals surface area contributed by atoms with E-state index in [1.807, 2.05) is 38.1 Å². The van der Waals surface area contributed by atoms with Crippen LogP contribution in [-0.2, 0) is 24.2 Å². The first-order chi connectivity index (χ1) is 11.3. The molecule has 0 saturated carbocycles. The molecule has 4 N–H and O–H groups in total. The number of benzene rings is 2. The van der Waals surface area contributed by atoms with Crippen molar-refractivity contribution in [3.05, 3.63) is 65.2 Å². The molecule has 0 aliphatic heterocycles. The normalized spacial score (nSPS) is 11.3. The van der Waals surface area contributed by atoms with Gasteiger partial charge in [-0.1, -0.05) is 36.4 Å². The zero-order valence-electron chi connectivity index (χ0n) is 14.4. The maximum absolute atomic E-state index is 12.0. The van der Waals surface area contributed by atoms with Crippen molar-refractivity contribution in [3.8, 4) is 5.75 Å². The van der Waals surface area contributed by atoms with Gasteiger partial charge in [-0.05, 0) is 55.5 Å². The first-order valence-corrected chi connectivity index (χ1v) is 8.23. The number of carbonyl (C=O) groups excluding carboxylic acids is 1. The van der Waals surface area contributed by atoms with Crippen LogP contribution in [0, 0.1) is 0 Å². The van der Waals surface area contributed by atoms with Crippen LogP contribution in [-0.4, -0.2) is 16.6 Å². The summed E-state index contributed by atoms with van der Waals surface area (Å²) in [6.45, 7) is 4.53. The molecule has 0 atom stereocenters. The van der Waals surface area contributed by atoms with Gasteiger partial charge in [-0.2, -0.15) is 0 Å². The van der Waals surface area contributed by atoms with E-state index >= 15 is 0 Å². The Morgan fingerprint density at radius 3 is 2.42 bits per heavy atom. The Balaban J connectivity index is 1.81. The molecule has 2 aromatic rings. The summed E-state index contributed by atoms with van der Waals surface area (Å²) in [6.07, 6.45) is 1.89. The summed E-state index contributed by atoms with van der Waals surface area (Å²) in [4.78, 5) is 12.0. The Hall–Kier alpha value is -2.33. The van der Waals surface area contributed by atoms with E-state index in [1.165, 1.54) is 5.56 Å². The second-order valence-corrected chi connectivity index (χ2v) is 6.93. The maximum atomic E-state index is 12.0.